The molecule has 0 aliphatic heterocycles. The quantitative estimate of drug-likeness (QED) is 0.114. The van der Waals surface area contributed by atoms with Gasteiger partial charge in [0.25, 0.3) is 0 Å². The molecule has 2 N–H and O–H groups in total. The van der Waals surface area contributed by atoms with Crippen molar-refractivity contribution < 1.29 is 33.4 Å². The molecule has 0 bridgehead atoms. The van der Waals surface area contributed by atoms with Crippen LogP contribution in [0.2, 0.25) is 0 Å². The predicted octanol–water partition coefficient (Wildman–Crippen LogP) is 6.69. The largest absolute Gasteiger partial charge is 0.449 e. The maximum Gasteiger partial charge on any atom is 0.407 e. The Kier molecular flexibility index (Phi) is 9.33. The molecule has 9 nitrogen and oxygen atoms in total. The SMILES string of the molecule is CC[C@H](NC(=O)OCC1c2ccccc2-c2ccccc21)C(=O)OC(=O)[C@H](CC)NC(=O)OCC1c2ccccc2-c2ccccc21. The van der Waals surface area contributed by atoms with Gasteiger partial charge in [-0.2, -0.15) is 0 Å². The lowest BCUT2D eigenvalue weighted by Gasteiger charge is -2.20. The van der Waals surface area contributed by atoms with Crippen molar-refractivity contribution in [3.63, 3.8) is 0 Å². The van der Waals surface area contributed by atoms with E-state index >= 15 is 0 Å². The predicted molar refractivity (Wildman–Crippen MR) is 176 cm³/mol. The number of amides is 2. The van der Waals surface area contributed by atoms with Gasteiger partial charge in [-0.25, -0.2) is 19.2 Å². The lowest BCUT2D eigenvalue weighted by Crippen LogP contribution is -2.46. The van der Waals surface area contributed by atoms with Gasteiger partial charge >= 0.3 is 24.1 Å². The van der Waals surface area contributed by atoms with Crippen LogP contribution in [0.15, 0.2) is 97.1 Å². The second-order valence-electron chi connectivity index (χ2n) is 11.6. The number of benzene rings is 4. The zero-order chi connectivity index (χ0) is 32.9. The van der Waals surface area contributed by atoms with E-state index < -0.39 is 36.2 Å². The topological polar surface area (TPSA) is 120 Å². The van der Waals surface area contributed by atoms with Crippen LogP contribution < -0.4 is 10.6 Å². The molecule has 2 aliphatic rings. The van der Waals surface area contributed by atoms with Gasteiger partial charge in [0, 0.05) is 11.8 Å². The second-order valence-corrected chi connectivity index (χ2v) is 11.6. The standard InChI is InChI=1S/C38H36N2O7/c1-3-33(39-37(43)45-21-31-27-17-9-5-13-23(27)24-14-6-10-18-28(24)31)35(41)47-36(42)34(4-2)40-38(44)46-22-32-29-19-11-7-15-25(29)26-16-8-12-20-30(26)32/h5-20,31-34H,3-4,21-22H2,1-2H3,(H,39,43)(H,40,44)/t33-,34-/m0/s1. The fourth-order valence-electron chi connectivity index (χ4n) is 6.46. The van der Waals surface area contributed by atoms with Gasteiger partial charge in [0.1, 0.15) is 25.3 Å². The summed E-state index contributed by atoms with van der Waals surface area (Å²) in [6, 6.07) is 29.7. The third kappa shape index (κ3) is 6.47. The molecule has 0 saturated carbocycles. The number of rotatable bonds is 10. The number of nitrogens with one attached hydrogen (secondary N) is 2. The van der Waals surface area contributed by atoms with Gasteiger partial charge in [-0.15, -0.1) is 0 Å². The normalized spacial score (nSPS) is 14.1. The average Bonchev–Trinajstić information content (AvgIpc) is 3.60. The van der Waals surface area contributed by atoms with Gasteiger partial charge in [0.2, 0.25) is 0 Å². The summed E-state index contributed by atoms with van der Waals surface area (Å²) in [5.74, 6) is -2.18. The number of carbonyl (C=O) groups is 4. The van der Waals surface area contributed by atoms with Crippen LogP contribution in [0.4, 0.5) is 9.59 Å². The summed E-state index contributed by atoms with van der Waals surface area (Å²) < 4.78 is 16.2. The van der Waals surface area contributed by atoms with Crippen LogP contribution >= 0.6 is 0 Å². The molecule has 0 aromatic heterocycles. The Morgan fingerprint density at radius 1 is 0.532 bits per heavy atom. The highest BCUT2D eigenvalue weighted by Gasteiger charge is 2.32. The van der Waals surface area contributed by atoms with Crippen molar-refractivity contribution in [3.8, 4) is 22.3 Å². The fourth-order valence-corrected chi connectivity index (χ4v) is 6.46. The van der Waals surface area contributed by atoms with Crippen LogP contribution in [-0.4, -0.2) is 49.4 Å². The fraction of sp³-hybridized carbons (Fsp3) is 0.263. The van der Waals surface area contributed by atoms with E-state index in [2.05, 4.69) is 10.6 Å². The molecule has 2 atom stereocenters. The number of carbonyl (C=O) groups excluding carboxylic acids is 4. The van der Waals surface area contributed by atoms with Crippen molar-refractivity contribution in [1.82, 2.24) is 10.6 Å². The van der Waals surface area contributed by atoms with Crippen molar-refractivity contribution >= 4 is 24.1 Å². The third-order valence-corrected chi connectivity index (χ3v) is 8.86. The summed E-state index contributed by atoms with van der Waals surface area (Å²) in [4.78, 5) is 51.3. The Balaban J connectivity index is 0.998. The molecule has 0 unspecified atom stereocenters. The van der Waals surface area contributed by atoms with E-state index in [1.807, 2.05) is 97.1 Å². The van der Waals surface area contributed by atoms with Crippen LogP contribution in [-0.2, 0) is 23.8 Å². The van der Waals surface area contributed by atoms with Crippen molar-refractivity contribution in [2.45, 2.75) is 50.6 Å². The third-order valence-electron chi connectivity index (χ3n) is 8.86. The number of esters is 2. The van der Waals surface area contributed by atoms with E-state index in [1.54, 1.807) is 13.8 Å². The van der Waals surface area contributed by atoms with Crippen molar-refractivity contribution in [1.29, 1.82) is 0 Å². The number of alkyl carbamates (subject to hydrolysis) is 2. The Hall–Kier alpha value is -5.44. The minimum absolute atomic E-state index is 0.0756. The summed E-state index contributed by atoms with van der Waals surface area (Å²) >= 11 is 0. The van der Waals surface area contributed by atoms with Gasteiger partial charge in [0.05, 0.1) is 0 Å². The molecular weight excluding hydrogens is 596 g/mol. The summed E-state index contributed by atoms with van der Waals surface area (Å²) in [6.07, 6.45) is -1.28. The molecule has 4 aromatic rings. The molecule has 4 aromatic carbocycles. The highest BCUT2D eigenvalue weighted by molar-refractivity contribution is 5.93. The van der Waals surface area contributed by atoms with Crippen molar-refractivity contribution in [2.24, 2.45) is 0 Å². The molecule has 2 amide bonds. The first-order valence-corrected chi connectivity index (χ1v) is 15.9. The van der Waals surface area contributed by atoms with Gasteiger partial charge in [-0.3, -0.25) is 0 Å². The second kappa shape index (κ2) is 13.9. The van der Waals surface area contributed by atoms with Crippen LogP contribution in [0, 0.1) is 0 Å². The summed E-state index contributed by atoms with van der Waals surface area (Å²) in [5, 5.41) is 5.02. The van der Waals surface area contributed by atoms with Crippen LogP contribution in [0.3, 0.4) is 0 Å². The monoisotopic (exact) mass is 632 g/mol. The lowest BCUT2D eigenvalue weighted by atomic mass is 9.98. The van der Waals surface area contributed by atoms with E-state index in [9.17, 15) is 19.2 Å². The molecule has 2 aliphatic carbocycles. The number of ether oxygens (including phenoxy) is 3. The van der Waals surface area contributed by atoms with E-state index in [0.717, 1.165) is 44.5 Å². The van der Waals surface area contributed by atoms with Gasteiger partial charge in [0.15, 0.2) is 0 Å². The minimum atomic E-state index is -1.12. The molecule has 0 heterocycles. The van der Waals surface area contributed by atoms with E-state index in [1.165, 1.54) is 0 Å². The number of hydrogen-bond donors (Lipinski definition) is 2. The molecule has 6 rings (SSSR count). The molecule has 0 spiro atoms. The first-order chi connectivity index (χ1) is 22.9. The van der Waals surface area contributed by atoms with Crippen LogP contribution in [0.25, 0.3) is 22.3 Å². The molecule has 0 radical (unpaired) electrons. The average molecular weight is 633 g/mol. The maximum absolute atomic E-state index is 12.9. The van der Waals surface area contributed by atoms with Gasteiger partial charge < -0.3 is 24.8 Å². The highest BCUT2D eigenvalue weighted by Crippen LogP contribution is 2.45. The highest BCUT2D eigenvalue weighted by atomic mass is 16.6. The molecule has 9 heteroatoms. The first kappa shape index (κ1) is 31.5. The van der Waals surface area contributed by atoms with E-state index in [-0.39, 0.29) is 37.9 Å². The molecule has 0 saturated heterocycles. The minimum Gasteiger partial charge on any atom is -0.449 e. The molecule has 0 fully saturated rings. The zero-order valence-electron chi connectivity index (χ0n) is 26.2. The van der Waals surface area contributed by atoms with Gasteiger partial charge in [-0.1, -0.05) is 111 Å². The Labute approximate surface area is 273 Å². The first-order valence-electron chi connectivity index (χ1n) is 15.9. The lowest BCUT2D eigenvalue weighted by molar-refractivity contribution is -0.162. The Morgan fingerprint density at radius 2 is 0.830 bits per heavy atom. The van der Waals surface area contributed by atoms with E-state index in [0.29, 0.717) is 0 Å². The number of hydrogen-bond acceptors (Lipinski definition) is 7. The molecular formula is C38H36N2O7. The number of fused-ring (bicyclic) bond motifs is 6. The Bertz CT molecular complexity index is 1600. The van der Waals surface area contributed by atoms with Crippen LogP contribution in [0.1, 0.15) is 60.8 Å². The zero-order valence-corrected chi connectivity index (χ0v) is 26.2. The van der Waals surface area contributed by atoms with Gasteiger partial charge in [-0.05, 0) is 57.3 Å². The Morgan fingerprint density at radius 3 is 1.13 bits per heavy atom. The van der Waals surface area contributed by atoms with E-state index in [4.69, 9.17) is 14.2 Å². The summed E-state index contributed by atoms with van der Waals surface area (Å²) in [5.41, 5.74) is 8.65. The smallest absolute Gasteiger partial charge is 0.407 e. The summed E-state index contributed by atoms with van der Waals surface area (Å²) in [6.45, 7) is 3.50. The molecule has 47 heavy (non-hydrogen) atoms. The summed E-state index contributed by atoms with van der Waals surface area (Å²) in [7, 11) is 0. The van der Waals surface area contributed by atoms with Crippen molar-refractivity contribution in [2.75, 3.05) is 13.2 Å². The molecule has 240 valence electrons. The van der Waals surface area contributed by atoms with Crippen molar-refractivity contribution in [3.05, 3.63) is 119 Å². The maximum atomic E-state index is 12.9. The van der Waals surface area contributed by atoms with Crippen LogP contribution in [0.5, 0.6) is 0 Å².